The van der Waals surface area contributed by atoms with Gasteiger partial charge in [0.25, 0.3) is 0 Å². The SMILES string of the molecule is CN=C(NCCCOCc1ccco1)NCCCN(C)c1ccccc1. The third-order valence-corrected chi connectivity index (χ3v) is 3.97. The number of anilines is 1. The topological polar surface area (TPSA) is 62.0 Å². The second-order valence-corrected chi connectivity index (χ2v) is 6.02. The molecular formula is C20H30N4O2. The highest BCUT2D eigenvalue weighted by atomic mass is 16.5. The van der Waals surface area contributed by atoms with Gasteiger partial charge in [-0.15, -0.1) is 0 Å². The summed E-state index contributed by atoms with van der Waals surface area (Å²) in [7, 11) is 3.91. The van der Waals surface area contributed by atoms with E-state index < -0.39 is 0 Å². The molecule has 0 spiro atoms. The summed E-state index contributed by atoms with van der Waals surface area (Å²) >= 11 is 0. The molecule has 0 amide bonds. The molecule has 0 fully saturated rings. The monoisotopic (exact) mass is 358 g/mol. The Morgan fingerprint density at radius 3 is 2.54 bits per heavy atom. The van der Waals surface area contributed by atoms with Gasteiger partial charge in [0.1, 0.15) is 12.4 Å². The molecule has 6 heteroatoms. The quantitative estimate of drug-likeness (QED) is 0.367. The van der Waals surface area contributed by atoms with E-state index in [1.54, 1.807) is 13.3 Å². The summed E-state index contributed by atoms with van der Waals surface area (Å²) in [5, 5.41) is 6.65. The highest BCUT2D eigenvalue weighted by molar-refractivity contribution is 5.79. The fraction of sp³-hybridized carbons (Fsp3) is 0.450. The van der Waals surface area contributed by atoms with Crippen LogP contribution in [0.25, 0.3) is 0 Å². The van der Waals surface area contributed by atoms with Gasteiger partial charge >= 0.3 is 0 Å². The molecule has 1 aromatic carbocycles. The molecular weight excluding hydrogens is 328 g/mol. The van der Waals surface area contributed by atoms with Gasteiger partial charge in [0.2, 0.25) is 0 Å². The number of nitrogens with zero attached hydrogens (tertiary/aromatic N) is 2. The van der Waals surface area contributed by atoms with E-state index in [9.17, 15) is 0 Å². The van der Waals surface area contributed by atoms with Crippen LogP contribution >= 0.6 is 0 Å². The molecule has 6 nitrogen and oxygen atoms in total. The normalized spacial score (nSPS) is 11.4. The van der Waals surface area contributed by atoms with Crippen LogP contribution in [-0.4, -0.2) is 46.3 Å². The second-order valence-electron chi connectivity index (χ2n) is 6.02. The van der Waals surface area contributed by atoms with Gasteiger partial charge in [-0.2, -0.15) is 0 Å². The van der Waals surface area contributed by atoms with Crippen molar-refractivity contribution in [2.45, 2.75) is 19.4 Å². The summed E-state index contributed by atoms with van der Waals surface area (Å²) in [6.45, 7) is 3.91. The van der Waals surface area contributed by atoms with Crippen LogP contribution in [0.1, 0.15) is 18.6 Å². The van der Waals surface area contributed by atoms with E-state index in [-0.39, 0.29) is 0 Å². The lowest BCUT2D eigenvalue weighted by atomic mass is 10.3. The van der Waals surface area contributed by atoms with E-state index in [4.69, 9.17) is 9.15 Å². The van der Waals surface area contributed by atoms with Crippen molar-refractivity contribution in [2.24, 2.45) is 4.99 Å². The third kappa shape index (κ3) is 7.61. The van der Waals surface area contributed by atoms with Crippen molar-refractivity contribution >= 4 is 11.6 Å². The molecule has 1 heterocycles. The first-order valence-corrected chi connectivity index (χ1v) is 9.10. The Morgan fingerprint density at radius 1 is 1.08 bits per heavy atom. The number of guanidine groups is 1. The van der Waals surface area contributed by atoms with Crippen molar-refractivity contribution in [3.8, 4) is 0 Å². The van der Waals surface area contributed by atoms with Gasteiger partial charge in [0.15, 0.2) is 5.96 Å². The van der Waals surface area contributed by atoms with Crippen LogP contribution in [0.2, 0.25) is 0 Å². The summed E-state index contributed by atoms with van der Waals surface area (Å²) < 4.78 is 10.8. The van der Waals surface area contributed by atoms with Crippen LogP contribution in [0.5, 0.6) is 0 Å². The molecule has 0 aliphatic heterocycles. The zero-order chi connectivity index (χ0) is 18.5. The van der Waals surface area contributed by atoms with Crippen molar-refractivity contribution in [3.63, 3.8) is 0 Å². The number of nitrogens with one attached hydrogen (secondary N) is 2. The van der Waals surface area contributed by atoms with Crippen LogP contribution in [0.3, 0.4) is 0 Å². The summed E-state index contributed by atoms with van der Waals surface area (Å²) in [6.07, 6.45) is 3.62. The maximum Gasteiger partial charge on any atom is 0.190 e. The van der Waals surface area contributed by atoms with E-state index in [1.165, 1.54) is 5.69 Å². The number of para-hydroxylation sites is 1. The molecule has 2 N–H and O–H groups in total. The zero-order valence-corrected chi connectivity index (χ0v) is 15.8. The van der Waals surface area contributed by atoms with E-state index in [0.717, 1.165) is 44.2 Å². The highest BCUT2D eigenvalue weighted by Gasteiger charge is 2.01. The smallest absolute Gasteiger partial charge is 0.190 e. The van der Waals surface area contributed by atoms with Crippen molar-refractivity contribution in [1.82, 2.24) is 10.6 Å². The summed E-state index contributed by atoms with van der Waals surface area (Å²) in [5.41, 5.74) is 1.24. The van der Waals surface area contributed by atoms with Crippen molar-refractivity contribution in [3.05, 3.63) is 54.5 Å². The molecule has 0 unspecified atom stereocenters. The van der Waals surface area contributed by atoms with Crippen molar-refractivity contribution in [1.29, 1.82) is 0 Å². The van der Waals surface area contributed by atoms with Gasteiger partial charge in [-0.25, -0.2) is 0 Å². The molecule has 1 aromatic heterocycles. The van der Waals surface area contributed by atoms with E-state index in [2.05, 4.69) is 51.8 Å². The van der Waals surface area contributed by atoms with Crippen LogP contribution in [0.15, 0.2) is 58.1 Å². The number of hydrogen-bond acceptors (Lipinski definition) is 4. The third-order valence-electron chi connectivity index (χ3n) is 3.97. The first kappa shape index (κ1) is 19.8. The lowest BCUT2D eigenvalue weighted by Crippen LogP contribution is -2.39. The zero-order valence-electron chi connectivity index (χ0n) is 15.8. The number of benzene rings is 1. The standard InChI is InChI=1S/C20H30N4O2/c1-21-20(23-13-8-15-25-17-19-11-6-16-26-19)22-12-7-14-24(2)18-9-4-3-5-10-18/h3-6,9-11,16H,7-8,12-15,17H2,1-2H3,(H2,21,22,23). The molecule has 0 saturated heterocycles. The number of aliphatic imine (C=N–C) groups is 1. The molecule has 0 radical (unpaired) electrons. The molecule has 26 heavy (non-hydrogen) atoms. The minimum Gasteiger partial charge on any atom is -0.467 e. The van der Waals surface area contributed by atoms with Crippen LogP contribution < -0.4 is 15.5 Å². The first-order chi connectivity index (χ1) is 12.8. The molecule has 0 aliphatic rings. The number of rotatable bonds is 11. The molecule has 0 saturated carbocycles. The average Bonchev–Trinajstić information content (AvgIpc) is 3.20. The molecule has 0 aliphatic carbocycles. The largest absolute Gasteiger partial charge is 0.467 e. The Morgan fingerprint density at radius 2 is 1.85 bits per heavy atom. The predicted octanol–water partition coefficient (Wildman–Crippen LogP) is 2.88. The molecule has 0 bridgehead atoms. The lowest BCUT2D eigenvalue weighted by molar-refractivity contribution is 0.105. The molecule has 2 rings (SSSR count). The second kappa shape index (κ2) is 12.0. The van der Waals surface area contributed by atoms with Gasteiger partial charge in [-0.3, -0.25) is 4.99 Å². The first-order valence-electron chi connectivity index (χ1n) is 9.10. The van der Waals surface area contributed by atoms with Crippen LogP contribution in [0, 0.1) is 0 Å². The van der Waals surface area contributed by atoms with Gasteiger partial charge < -0.3 is 24.7 Å². The summed E-state index contributed by atoms with van der Waals surface area (Å²) in [6, 6.07) is 14.2. The number of hydrogen-bond donors (Lipinski definition) is 2. The Labute approximate surface area is 156 Å². The van der Waals surface area contributed by atoms with Gasteiger partial charge in [-0.1, -0.05) is 18.2 Å². The van der Waals surface area contributed by atoms with Crippen molar-refractivity contribution in [2.75, 3.05) is 45.2 Å². The Bertz CT molecular complexity index is 614. The number of furan rings is 1. The summed E-state index contributed by atoms with van der Waals surface area (Å²) in [4.78, 5) is 6.50. The van der Waals surface area contributed by atoms with Gasteiger partial charge in [0.05, 0.1) is 6.26 Å². The molecule has 2 aromatic rings. The van der Waals surface area contributed by atoms with Gasteiger partial charge in [0, 0.05) is 46.0 Å². The molecule has 142 valence electrons. The van der Waals surface area contributed by atoms with Gasteiger partial charge in [-0.05, 0) is 37.1 Å². The summed E-state index contributed by atoms with van der Waals surface area (Å²) in [5.74, 6) is 1.69. The van der Waals surface area contributed by atoms with E-state index in [1.807, 2.05) is 18.2 Å². The van der Waals surface area contributed by atoms with Crippen molar-refractivity contribution < 1.29 is 9.15 Å². The maximum absolute atomic E-state index is 5.56. The minimum absolute atomic E-state index is 0.523. The minimum atomic E-state index is 0.523. The Hall–Kier alpha value is -2.47. The Kier molecular flexibility index (Phi) is 9.14. The lowest BCUT2D eigenvalue weighted by Gasteiger charge is -2.19. The van der Waals surface area contributed by atoms with E-state index >= 15 is 0 Å². The maximum atomic E-state index is 5.56. The van der Waals surface area contributed by atoms with Crippen LogP contribution in [-0.2, 0) is 11.3 Å². The number of ether oxygens (including phenoxy) is 1. The highest BCUT2D eigenvalue weighted by Crippen LogP contribution is 2.10. The van der Waals surface area contributed by atoms with E-state index in [0.29, 0.717) is 13.2 Å². The molecule has 0 atom stereocenters. The predicted molar refractivity (Wildman–Crippen MR) is 107 cm³/mol. The Balaban J connectivity index is 1.49. The van der Waals surface area contributed by atoms with Crippen LogP contribution in [0.4, 0.5) is 5.69 Å². The average molecular weight is 358 g/mol. The fourth-order valence-corrected chi connectivity index (χ4v) is 2.50. The fourth-order valence-electron chi connectivity index (χ4n) is 2.50.